The fraction of sp³-hybridized carbons (Fsp3) is 0.526. The maximum atomic E-state index is 6.01. The highest BCUT2D eigenvalue weighted by atomic mass is 32.1. The quantitative estimate of drug-likeness (QED) is 0.806. The van der Waals surface area contributed by atoms with E-state index in [4.69, 9.17) is 15.2 Å². The molecule has 4 nitrogen and oxygen atoms in total. The minimum Gasteiger partial charge on any atom is -0.497 e. The molecule has 1 aromatic carbocycles. The highest BCUT2D eigenvalue weighted by molar-refractivity contribution is 7.15. The molecule has 0 radical (unpaired) electrons. The fourth-order valence-corrected chi connectivity index (χ4v) is 4.42. The summed E-state index contributed by atoms with van der Waals surface area (Å²) in [5, 5.41) is 0.626. The molecule has 24 heavy (non-hydrogen) atoms. The summed E-state index contributed by atoms with van der Waals surface area (Å²) in [6.45, 7) is 0. The van der Waals surface area contributed by atoms with Gasteiger partial charge >= 0.3 is 0 Å². The van der Waals surface area contributed by atoms with E-state index in [0.29, 0.717) is 5.13 Å². The van der Waals surface area contributed by atoms with Crippen molar-refractivity contribution in [3.05, 3.63) is 23.1 Å². The Morgan fingerprint density at radius 1 is 1.17 bits per heavy atom. The van der Waals surface area contributed by atoms with Crippen LogP contribution in [0.25, 0.3) is 11.3 Å². The van der Waals surface area contributed by atoms with Crippen molar-refractivity contribution in [1.82, 2.24) is 4.98 Å². The molecule has 3 rings (SSSR count). The Hall–Kier alpha value is -1.75. The number of aromatic nitrogens is 1. The van der Waals surface area contributed by atoms with Crippen LogP contribution in [0.2, 0.25) is 0 Å². The molecule has 0 bridgehead atoms. The van der Waals surface area contributed by atoms with Gasteiger partial charge in [-0.25, -0.2) is 4.98 Å². The van der Waals surface area contributed by atoms with Gasteiger partial charge in [0.25, 0.3) is 0 Å². The highest BCUT2D eigenvalue weighted by Crippen LogP contribution is 2.39. The van der Waals surface area contributed by atoms with E-state index in [1.54, 1.807) is 25.6 Å². The van der Waals surface area contributed by atoms with Gasteiger partial charge in [0, 0.05) is 16.5 Å². The minimum atomic E-state index is 0.626. The molecule has 1 aliphatic rings. The number of hydrogen-bond acceptors (Lipinski definition) is 5. The van der Waals surface area contributed by atoms with Crippen LogP contribution in [0.4, 0.5) is 5.13 Å². The van der Waals surface area contributed by atoms with Gasteiger partial charge in [-0.15, -0.1) is 11.3 Å². The number of aryl methyl sites for hydroxylation is 1. The number of anilines is 1. The molecule has 1 saturated carbocycles. The summed E-state index contributed by atoms with van der Waals surface area (Å²) in [5.74, 6) is 2.41. The Morgan fingerprint density at radius 3 is 2.67 bits per heavy atom. The number of ether oxygens (including phenoxy) is 2. The molecule has 1 fully saturated rings. The molecule has 130 valence electrons. The molecule has 0 aliphatic heterocycles. The lowest BCUT2D eigenvalue weighted by Gasteiger charge is -2.21. The Kier molecular flexibility index (Phi) is 5.61. The number of nitrogens with zero attached hydrogens (tertiary/aromatic N) is 1. The molecule has 0 unspecified atom stereocenters. The first-order valence-corrected chi connectivity index (χ1v) is 9.50. The summed E-state index contributed by atoms with van der Waals surface area (Å²) in [6.07, 6.45) is 9.18. The average molecular weight is 346 g/mol. The lowest BCUT2D eigenvalue weighted by molar-refractivity contribution is 0.340. The Bertz CT molecular complexity index is 678. The maximum Gasteiger partial charge on any atom is 0.180 e. The van der Waals surface area contributed by atoms with Gasteiger partial charge < -0.3 is 15.2 Å². The third kappa shape index (κ3) is 3.83. The van der Waals surface area contributed by atoms with Crippen LogP contribution in [0.1, 0.15) is 43.4 Å². The van der Waals surface area contributed by atoms with Crippen molar-refractivity contribution in [1.29, 1.82) is 0 Å². The van der Waals surface area contributed by atoms with Crippen molar-refractivity contribution in [3.8, 4) is 22.8 Å². The first-order chi connectivity index (χ1) is 11.7. The topological polar surface area (TPSA) is 57.4 Å². The molecule has 1 heterocycles. The summed E-state index contributed by atoms with van der Waals surface area (Å²) in [4.78, 5) is 5.85. The van der Waals surface area contributed by atoms with Gasteiger partial charge in [-0.2, -0.15) is 0 Å². The zero-order chi connectivity index (χ0) is 16.9. The second-order valence-electron chi connectivity index (χ2n) is 6.43. The van der Waals surface area contributed by atoms with Crippen LogP contribution >= 0.6 is 11.3 Å². The maximum absolute atomic E-state index is 6.01. The van der Waals surface area contributed by atoms with Gasteiger partial charge in [-0.1, -0.05) is 32.1 Å². The van der Waals surface area contributed by atoms with Crippen LogP contribution in [-0.4, -0.2) is 19.2 Å². The lowest BCUT2D eigenvalue weighted by atomic mass is 9.86. The highest BCUT2D eigenvalue weighted by Gasteiger charge is 2.19. The fourth-order valence-electron chi connectivity index (χ4n) is 3.55. The minimum absolute atomic E-state index is 0.626. The second kappa shape index (κ2) is 7.88. The molecule has 2 N–H and O–H groups in total. The number of thiazole rings is 1. The van der Waals surface area contributed by atoms with Gasteiger partial charge in [-0.3, -0.25) is 0 Å². The van der Waals surface area contributed by atoms with Gasteiger partial charge in [0.1, 0.15) is 11.5 Å². The van der Waals surface area contributed by atoms with E-state index in [-0.39, 0.29) is 0 Å². The van der Waals surface area contributed by atoms with Crippen LogP contribution in [0.5, 0.6) is 11.5 Å². The van der Waals surface area contributed by atoms with Gasteiger partial charge in [-0.05, 0) is 30.9 Å². The molecule has 2 aromatic rings. The van der Waals surface area contributed by atoms with Crippen LogP contribution < -0.4 is 15.2 Å². The number of nitrogens with two attached hydrogens (primary N) is 1. The lowest BCUT2D eigenvalue weighted by Crippen LogP contribution is -2.07. The van der Waals surface area contributed by atoms with E-state index in [1.807, 2.05) is 18.2 Å². The summed E-state index contributed by atoms with van der Waals surface area (Å²) in [5.41, 5.74) is 7.97. The number of nitrogen functional groups attached to an aromatic ring is 1. The Morgan fingerprint density at radius 2 is 1.96 bits per heavy atom. The summed E-state index contributed by atoms with van der Waals surface area (Å²) in [6, 6.07) is 5.85. The monoisotopic (exact) mass is 346 g/mol. The summed E-state index contributed by atoms with van der Waals surface area (Å²) < 4.78 is 10.8. The first kappa shape index (κ1) is 17.1. The van der Waals surface area contributed by atoms with Crippen molar-refractivity contribution in [2.24, 2.45) is 5.92 Å². The van der Waals surface area contributed by atoms with Crippen LogP contribution in [0, 0.1) is 5.92 Å². The second-order valence-corrected chi connectivity index (χ2v) is 7.55. The van der Waals surface area contributed by atoms with Gasteiger partial charge in [0.05, 0.1) is 19.9 Å². The molecular formula is C19H26N2O2S. The smallest absolute Gasteiger partial charge is 0.180 e. The zero-order valence-electron chi connectivity index (χ0n) is 14.5. The summed E-state index contributed by atoms with van der Waals surface area (Å²) in [7, 11) is 3.33. The Balaban J connectivity index is 1.83. The first-order valence-electron chi connectivity index (χ1n) is 8.69. The molecule has 0 amide bonds. The Labute approximate surface area is 148 Å². The predicted molar refractivity (Wildman–Crippen MR) is 100.0 cm³/mol. The molecule has 0 saturated heterocycles. The van der Waals surface area contributed by atoms with Crippen molar-refractivity contribution in [2.45, 2.75) is 44.9 Å². The van der Waals surface area contributed by atoms with Gasteiger partial charge in [0.2, 0.25) is 0 Å². The molecule has 0 atom stereocenters. The normalized spacial score (nSPS) is 15.4. The van der Waals surface area contributed by atoms with Crippen molar-refractivity contribution in [2.75, 3.05) is 20.0 Å². The van der Waals surface area contributed by atoms with E-state index < -0.39 is 0 Å². The van der Waals surface area contributed by atoms with E-state index in [2.05, 4.69) is 4.98 Å². The molecule has 1 aliphatic carbocycles. The number of hydrogen-bond donors (Lipinski definition) is 1. The van der Waals surface area contributed by atoms with Crippen molar-refractivity contribution < 1.29 is 9.47 Å². The standard InChI is InChI=1S/C19H26N2O2S/c1-22-14-9-10-15(16(12-14)23-2)18-17(24-19(20)21-18)11-8-13-6-4-3-5-7-13/h9-10,12-13H,3-8,11H2,1-2H3,(H2,20,21). The van der Waals surface area contributed by atoms with E-state index in [1.165, 1.54) is 43.4 Å². The predicted octanol–water partition coefficient (Wildman–Crippen LogP) is 4.92. The van der Waals surface area contributed by atoms with Gasteiger partial charge in [0.15, 0.2) is 5.13 Å². The van der Waals surface area contributed by atoms with E-state index in [0.717, 1.165) is 35.1 Å². The number of methoxy groups -OCH3 is 2. The van der Waals surface area contributed by atoms with Crippen molar-refractivity contribution >= 4 is 16.5 Å². The molecular weight excluding hydrogens is 320 g/mol. The van der Waals surface area contributed by atoms with E-state index in [9.17, 15) is 0 Å². The molecule has 5 heteroatoms. The molecule has 1 aromatic heterocycles. The number of rotatable bonds is 6. The SMILES string of the molecule is COc1ccc(-c2nc(N)sc2CCC2CCCCC2)c(OC)c1. The zero-order valence-corrected chi connectivity index (χ0v) is 15.3. The third-order valence-corrected chi connectivity index (χ3v) is 5.83. The third-order valence-electron chi connectivity index (χ3n) is 4.88. The largest absolute Gasteiger partial charge is 0.497 e. The number of benzene rings is 1. The van der Waals surface area contributed by atoms with Crippen LogP contribution in [0.15, 0.2) is 18.2 Å². The van der Waals surface area contributed by atoms with Crippen molar-refractivity contribution in [3.63, 3.8) is 0 Å². The molecule has 0 spiro atoms. The average Bonchev–Trinajstić information content (AvgIpc) is 3.00. The van der Waals surface area contributed by atoms with E-state index >= 15 is 0 Å². The van der Waals surface area contributed by atoms with Crippen LogP contribution in [0.3, 0.4) is 0 Å². The summed E-state index contributed by atoms with van der Waals surface area (Å²) >= 11 is 1.61. The van der Waals surface area contributed by atoms with Crippen LogP contribution in [-0.2, 0) is 6.42 Å².